The first-order valence-electron chi connectivity index (χ1n) is 11.5. The van der Waals surface area contributed by atoms with E-state index in [9.17, 15) is 14.4 Å². The van der Waals surface area contributed by atoms with Crippen LogP contribution in [0.25, 0.3) is 0 Å². The summed E-state index contributed by atoms with van der Waals surface area (Å²) in [6, 6.07) is 16.3. The summed E-state index contributed by atoms with van der Waals surface area (Å²) in [4.78, 5) is 42.9. The molecule has 36 heavy (non-hydrogen) atoms. The average molecular weight is 510 g/mol. The molecule has 4 rings (SSSR count). The molecule has 3 aromatic rings. The molecule has 0 spiro atoms. The summed E-state index contributed by atoms with van der Waals surface area (Å²) < 4.78 is 15.3. The first-order chi connectivity index (χ1) is 17.5. The average Bonchev–Trinajstić information content (AvgIpc) is 3.42. The Balaban J connectivity index is 1.23. The maximum absolute atomic E-state index is 12.7. The fraction of sp³-hybridized carbons (Fsp3) is 0.308. The van der Waals surface area contributed by atoms with E-state index in [-0.39, 0.29) is 31.1 Å². The van der Waals surface area contributed by atoms with Gasteiger partial charge in [0, 0.05) is 24.7 Å². The molecular weight excluding hydrogens is 482 g/mol. The summed E-state index contributed by atoms with van der Waals surface area (Å²) in [5.41, 5.74) is 1.56. The van der Waals surface area contributed by atoms with E-state index in [0.717, 1.165) is 23.4 Å². The summed E-state index contributed by atoms with van der Waals surface area (Å²) in [5, 5.41) is 3.73. The molecule has 9 nitrogen and oxygen atoms in total. The van der Waals surface area contributed by atoms with Crippen molar-refractivity contribution in [2.45, 2.75) is 25.4 Å². The van der Waals surface area contributed by atoms with E-state index in [1.807, 2.05) is 30.3 Å². The van der Waals surface area contributed by atoms with Gasteiger partial charge in [-0.15, -0.1) is 11.3 Å². The number of rotatable bonds is 8. The minimum Gasteiger partial charge on any atom is -0.482 e. The number of nitrogens with zero attached hydrogens (tertiary/aromatic N) is 2. The monoisotopic (exact) mass is 509 g/mol. The number of methoxy groups -OCH3 is 1. The molecule has 10 heteroatoms. The molecule has 0 bridgehead atoms. The Morgan fingerprint density at radius 2 is 1.78 bits per heavy atom. The third-order valence-electron chi connectivity index (χ3n) is 5.75. The number of thiazole rings is 1. The van der Waals surface area contributed by atoms with E-state index in [1.54, 1.807) is 35.4 Å². The van der Waals surface area contributed by atoms with Crippen molar-refractivity contribution in [3.63, 3.8) is 0 Å². The van der Waals surface area contributed by atoms with E-state index < -0.39 is 5.97 Å². The Hall–Kier alpha value is -3.92. The lowest BCUT2D eigenvalue weighted by atomic mass is 9.98. The van der Waals surface area contributed by atoms with Gasteiger partial charge in [0.05, 0.1) is 18.3 Å². The van der Waals surface area contributed by atoms with Gasteiger partial charge in [-0.05, 0) is 42.7 Å². The molecule has 0 aliphatic carbocycles. The van der Waals surface area contributed by atoms with Crippen LogP contribution in [0.15, 0.2) is 60.8 Å². The van der Waals surface area contributed by atoms with E-state index in [2.05, 4.69) is 15.0 Å². The van der Waals surface area contributed by atoms with Crippen LogP contribution >= 0.6 is 11.3 Å². The molecule has 1 aliphatic heterocycles. The van der Waals surface area contributed by atoms with Gasteiger partial charge in [-0.25, -0.2) is 14.6 Å². The second-order valence-electron chi connectivity index (χ2n) is 8.21. The molecule has 1 N–H and O–H groups in total. The van der Waals surface area contributed by atoms with Gasteiger partial charge in [0.15, 0.2) is 6.61 Å². The molecule has 2 aromatic carbocycles. The Morgan fingerprint density at radius 3 is 2.47 bits per heavy atom. The van der Waals surface area contributed by atoms with Crippen molar-refractivity contribution in [3.8, 4) is 5.75 Å². The van der Waals surface area contributed by atoms with E-state index in [4.69, 9.17) is 9.47 Å². The number of piperidine rings is 1. The lowest BCUT2D eigenvalue weighted by Crippen LogP contribution is -2.38. The number of carbonyl (C=O) groups excluding carboxylic acids is 3. The lowest BCUT2D eigenvalue weighted by Gasteiger charge is -2.30. The summed E-state index contributed by atoms with van der Waals surface area (Å²) in [7, 11) is 1.29. The topological polar surface area (TPSA) is 107 Å². The number of aromatic nitrogens is 1. The van der Waals surface area contributed by atoms with Crippen LogP contribution in [0, 0.1) is 0 Å². The van der Waals surface area contributed by atoms with E-state index >= 15 is 0 Å². The van der Waals surface area contributed by atoms with Gasteiger partial charge in [-0.3, -0.25) is 4.79 Å². The number of benzene rings is 2. The number of amides is 2. The van der Waals surface area contributed by atoms with Crippen LogP contribution in [0.2, 0.25) is 0 Å². The maximum Gasteiger partial charge on any atom is 0.410 e. The van der Waals surface area contributed by atoms with Crippen LogP contribution in [0.4, 0.5) is 10.5 Å². The first-order valence-corrected chi connectivity index (χ1v) is 12.4. The summed E-state index contributed by atoms with van der Waals surface area (Å²) in [6.45, 7) is 1.25. The van der Waals surface area contributed by atoms with Crippen molar-refractivity contribution < 1.29 is 28.6 Å². The van der Waals surface area contributed by atoms with E-state index in [1.165, 1.54) is 18.4 Å². The molecule has 1 aromatic heterocycles. The molecular formula is C26H27N3O6S. The van der Waals surface area contributed by atoms with Gasteiger partial charge in [0.1, 0.15) is 17.2 Å². The zero-order valence-corrected chi connectivity index (χ0v) is 20.7. The first kappa shape index (κ1) is 25.2. The van der Waals surface area contributed by atoms with Crippen LogP contribution in [-0.2, 0) is 20.9 Å². The SMILES string of the molecule is COC(=O)COc1ccc(NC(=O)c2cnc(C3CCN(C(=O)OCc4ccccc4)CC3)s2)cc1. The second kappa shape index (κ2) is 12.2. The number of ether oxygens (including phenoxy) is 3. The molecule has 188 valence electrons. The molecule has 2 amide bonds. The van der Waals surface area contributed by atoms with Crippen LogP contribution < -0.4 is 10.1 Å². The zero-order valence-electron chi connectivity index (χ0n) is 19.8. The fourth-order valence-corrected chi connectivity index (χ4v) is 4.71. The highest BCUT2D eigenvalue weighted by atomic mass is 32.1. The van der Waals surface area contributed by atoms with Crippen molar-refractivity contribution in [2.24, 2.45) is 0 Å². The number of carbonyl (C=O) groups is 3. The Labute approximate surface area is 213 Å². The van der Waals surface area contributed by atoms with Crippen molar-refractivity contribution in [2.75, 3.05) is 32.1 Å². The number of likely N-dealkylation sites (tertiary alicyclic amines) is 1. The summed E-state index contributed by atoms with van der Waals surface area (Å²) in [6.07, 6.45) is 2.81. The molecule has 1 saturated heterocycles. The Morgan fingerprint density at radius 1 is 1.06 bits per heavy atom. The summed E-state index contributed by atoms with van der Waals surface area (Å²) >= 11 is 1.37. The van der Waals surface area contributed by atoms with Crippen LogP contribution in [0.3, 0.4) is 0 Å². The minimum absolute atomic E-state index is 0.181. The Bertz CT molecular complexity index is 1170. The van der Waals surface area contributed by atoms with Gasteiger partial charge >= 0.3 is 12.1 Å². The quantitative estimate of drug-likeness (QED) is 0.447. The van der Waals surface area contributed by atoms with Crippen molar-refractivity contribution in [3.05, 3.63) is 76.2 Å². The minimum atomic E-state index is -0.470. The zero-order chi connectivity index (χ0) is 25.3. The Kier molecular flexibility index (Phi) is 8.51. The van der Waals surface area contributed by atoms with Crippen molar-refractivity contribution >= 4 is 35.0 Å². The molecule has 1 aliphatic rings. The predicted octanol–water partition coefficient (Wildman–Crippen LogP) is 4.46. The van der Waals surface area contributed by atoms with Gasteiger partial charge < -0.3 is 24.4 Å². The molecule has 0 radical (unpaired) electrons. The number of hydrogen-bond donors (Lipinski definition) is 1. The summed E-state index contributed by atoms with van der Waals surface area (Å²) in [5.74, 6) is -0.0271. The number of anilines is 1. The number of nitrogens with one attached hydrogen (secondary N) is 1. The van der Waals surface area contributed by atoms with Crippen molar-refractivity contribution in [1.29, 1.82) is 0 Å². The molecule has 2 heterocycles. The number of hydrogen-bond acceptors (Lipinski definition) is 8. The molecule has 1 fully saturated rings. The predicted molar refractivity (Wildman–Crippen MR) is 134 cm³/mol. The highest BCUT2D eigenvalue weighted by Crippen LogP contribution is 2.31. The second-order valence-corrected chi connectivity index (χ2v) is 9.27. The third-order valence-corrected chi connectivity index (χ3v) is 6.91. The molecule has 0 unspecified atom stereocenters. The number of esters is 1. The molecule has 0 atom stereocenters. The maximum atomic E-state index is 12.7. The van der Waals surface area contributed by atoms with Gasteiger partial charge in [0.2, 0.25) is 0 Å². The molecule has 0 saturated carbocycles. The van der Waals surface area contributed by atoms with Gasteiger partial charge in [0.25, 0.3) is 5.91 Å². The van der Waals surface area contributed by atoms with Crippen LogP contribution in [0.1, 0.15) is 39.0 Å². The van der Waals surface area contributed by atoms with E-state index in [0.29, 0.717) is 29.4 Å². The normalized spacial score (nSPS) is 13.6. The third kappa shape index (κ3) is 6.82. The van der Waals surface area contributed by atoms with Gasteiger partial charge in [-0.2, -0.15) is 0 Å². The van der Waals surface area contributed by atoms with Crippen molar-refractivity contribution in [1.82, 2.24) is 9.88 Å². The van der Waals surface area contributed by atoms with Crippen LogP contribution in [-0.4, -0.2) is 54.7 Å². The lowest BCUT2D eigenvalue weighted by molar-refractivity contribution is -0.142. The highest BCUT2D eigenvalue weighted by Gasteiger charge is 2.27. The highest BCUT2D eigenvalue weighted by molar-refractivity contribution is 7.13. The standard InChI is InChI=1S/C26H27N3O6S/c1-33-23(30)17-34-21-9-7-20(8-10-21)28-24(31)22-15-27-25(36-22)19-11-13-29(14-12-19)26(32)35-16-18-5-3-2-4-6-18/h2-10,15,19H,11-14,16-17H2,1H3,(H,28,31). The van der Waals surface area contributed by atoms with Crippen LogP contribution in [0.5, 0.6) is 5.75 Å². The fourth-order valence-electron chi connectivity index (χ4n) is 3.73. The largest absolute Gasteiger partial charge is 0.482 e. The van der Waals surface area contributed by atoms with Gasteiger partial charge in [-0.1, -0.05) is 30.3 Å². The smallest absolute Gasteiger partial charge is 0.410 e.